The lowest BCUT2D eigenvalue weighted by Gasteiger charge is -2.13. The molecule has 0 aliphatic carbocycles. The molecular weight excluding hydrogens is 350 g/mol. The zero-order valence-corrected chi connectivity index (χ0v) is 14.5. The summed E-state index contributed by atoms with van der Waals surface area (Å²) in [6, 6.07) is 4.48. The average Bonchev–Trinajstić information content (AvgIpc) is 2.99. The third-order valence-electron chi connectivity index (χ3n) is 3.12. The molecule has 1 heterocycles. The third kappa shape index (κ3) is 4.87. The molecule has 2 aromatic rings. The number of carbonyl (C=O) groups is 2. The van der Waals surface area contributed by atoms with Crippen LogP contribution in [-0.2, 0) is 11.3 Å². The Morgan fingerprint density at radius 1 is 1.40 bits per heavy atom. The van der Waals surface area contributed by atoms with E-state index in [1.165, 1.54) is 36.2 Å². The number of carboxylic acids is 1. The first-order chi connectivity index (χ1) is 11.9. The quantitative estimate of drug-likeness (QED) is 0.743. The highest BCUT2D eigenvalue weighted by Gasteiger charge is 2.16. The Hall–Kier alpha value is -2.74. The van der Waals surface area contributed by atoms with Gasteiger partial charge in [-0.05, 0) is 18.6 Å². The number of benzene rings is 1. The lowest BCUT2D eigenvalue weighted by atomic mass is 10.2. The van der Waals surface area contributed by atoms with E-state index in [1.54, 1.807) is 0 Å². The minimum absolute atomic E-state index is 0.229. The van der Waals surface area contributed by atoms with Crippen molar-refractivity contribution in [2.45, 2.75) is 19.9 Å². The molecule has 8 nitrogen and oxygen atoms in total. The molecule has 1 aromatic carbocycles. The normalized spacial score (nSPS) is 10.4. The first kappa shape index (κ1) is 18.6. The molecule has 0 spiro atoms. The number of halogens is 1. The zero-order chi connectivity index (χ0) is 18.4. The van der Waals surface area contributed by atoms with E-state index < -0.39 is 11.9 Å². The molecule has 2 rings (SSSR count). The van der Waals surface area contributed by atoms with E-state index in [-0.39, 0.29) is 22.9 Å². The maximum absolute atomic E-state index is 12.4. The van der Waals surface area contributed by atoms with Crippen molar-refractivity contribution in [2.75, 3.05) is 19.0 Å². The standard InChI is InChI=1S/C16H18ClN3O5/c1-3-6-25-15-11(17)7-10(8-12(15)24-2)16(23)18-13-4-5-20(19-13)9-14(21)22/h4-5,7-8H,3,6,9H2,1-2H3,(H,21,22)(H,18,19,23). The first-order valence-electron chi connectivity index (χ1n) is 7.51. The number of amides is 1. The van der Waals surface area contributed by atoms with Crippen LogP contribution < -0.4 is 14.8 Å². The largest absolute Gasteiger partial charge is 0.493 e. The lowest BCUT2D eigenvalue weighted by molar-refractivity contribution is -0.137. The minimum atomic E-state index is -1.03. The summed E-state index contributed by atoms with van der Waals surface area (Å²) < 4.78 is 12.0. The number of nitrogens with zero attached hydrogens (tertiary/aromatic N) is 2. The summed E-state index contributed by atoms with van der Waals surface area (Å²) in [7, 11) is 1.46. The number of rotatable bonds is 8. The van der Waals surface area contributed by atoms with Crippen molar-refractivity contribution in [1.29, 1.82) is 0 Å². The molecule has 0 fully saturated rings. The number of hydrogen-bond donors (Lipinski definition) is 2. The summed E-state index contributed by atoms with van der Waals surface area (Å²) in [6.07, 6.45) is 2.26. The number of nitrogens with one attached hydrogen (secondary N) is 1. The second kappa shape index (κ2) is 8.39. The summed E-state index contributed by atoms with van der Waals surface area (Å²) in [6.45, 7) is 2.15. The third-order valence-corrected chi connectivity index (χ3v) is 3.40. The van der Waals surface area contributed by atoms with Crippen LogP contribution in [0.25, 0.3) is 0 Å². The van der Waals surface area contributed by atoms with Gasteiger partial charge >= 0.3 is 5.97 Å². The van der Waals surface area contributed by atoms with Crippen LogP contribution in [0.4, 0.5) is 5.82 Å². The van der Waals surface area contributed by atoms with E-state index >= 15 is 0 Å². The Balaban J connectivity index is 2.17. The molecule has 134 valence electrons. The van der Waals surface area contributed by atoms with Crippen LogP contribution in [0.2, 0.25) is 5.02 Å². The predicted molar refractivity (Wildman–Crippen MR) is 91.6 cm³/mol. The second-order valence-corrected chi connectivity index (χ2v) is 5.49. The highest BCUT2D eigenvalue weighted by atomic mass is 35.5. The van der Waals surface area contributed by atoms with Gasteiger partial charge in [0.1, 0.15) is 6.54 Å². The molecule has 25 heavy (non-hydrogen) atoms. The van der Waals surface area contributed by atoms with Gasteiger partial charge in [-0.2, -0.15) is 5.10 Å². The zero-order valence-electron chi connectivity index (χ0n) is 13.8. The number of hydrogen-bond acceptors (Lipinski definition) is 5. The predicted octanol–water partition coefficient (Wildman–Crippen LogP) is 2.67. The van der Waals surface area contributed by atoms with Gasteiger partial charge in [0, 0.05) is 17.8 Å². The van der Waals surface area contributed by atoms with Crippen LogP contribution in [0.3, 0.4) is 0 Å². The molecule has 0 radical (unpaired) electrons. The van der Waals surface area contributed by atoms with Crippen LogP contribution in [0.15, 0.2) is 24.4 Å². The van der Waals surface area contributed by atoms with Gasteiger partial charge in [-0.25, -0.2) is 0 Å². The molecule has 0 aliphatic rings. The molecule has 0 aliphatic heterocycles. The van der Waals surface area contributed by atoms with Gasteiger partial charge in [-0.1, -0.05) is 18.5 Å². The molecule has 0 bridgehead atoms. The molecule has 0 unspecified atom stereocenters. The van der Waals surface area contributed by atoms with Crippen molar-refractivity contribution in [3.8, 4) is 11.5 Å². The SMILES string of the molecule is CCCOc1c(Cl)cc(C(=O)Nc2ccn(CC(=O)O)n2)cc1OC. The van der Waals surface area contributed by atoms with E-state index in [2.05, 4.69) is 10.4 Å². The minimum Gasteiger partial charge on any atom is -0.493 e. The van der Waals surface area contributed by atoms with Gasteiger partial charge in [0.2, 0.25) is 0 Å². The number of aromatic nitrogens is 2. The fourth-order valence-electron chi connectivity index (χ4n) is 2.04. The van der Waals surface area contributed by atoms with E-state index in [9.17, 15) is 9.59 Å². The molecule has 0 atom stereocenters. The maximum Gasteiger partial charge on any atom is 0.325 e. The number of anilines is 1. The number of methoxy groups -OCH3 is 1. The summed E-state index contributed by atoms with van der Waals surface area (Å²) in [5.41, 5.74) is 0.262. The smallest absolute Gasteiger partial charge is 0.325 e. The Morgan fingerprint density at radius 2 is 2.16 bits per heavy atom. The van der Waals surface area contributed by atoms with Crippen molar-refractivity contribution >= 4 is 29.3 Å². The van der Waals surface area contributed by atoms with Crippen molar-refractivity contribution in [2.24, 2.45) is 0 Å². The van der Waals surface area contributed by atoms with Crippen molar-refractivity contribution < 1.29 is 24.2 Å². The van der Waals surface area contributed by atoms with Gasteiger partial charge in [-0.15, -0.1) is 0 Å². The number of carboxylic acid groups (broad SMARTS) is 1. The topological polar surface area (TPSA) is 103 Å². The maximum atomic E-state index is 12.4. The number of ether oxygens (including phenoxy) is 2. The van der Waals surface area contributed by atoms with E-state index in [0.717, 1.165) is 6.42 Å². The second-order valence-electron chi connectivity index (χ2n) is 5.08. The molecule has 0 saturated heterocycles. The fraction of sp³-hybridized carbons (Fsp3) is 0.312. The van der Waals surface area contributed by atoms with Crippen LogP contribution in [0, 0.1) is 0 Å². The molecule has 9 heteroatoms. The van der Waals surface area contributed by atoms with E-state index in [0.29, 0.717) is 18.1 Å². The number of aliphatic carboxylic acids is 1. The Kier molecular flexibility index (Phi) is 6.24. The molecule has 0 saturated carbocycles. The fourth-order valence-corrected chi connectivity index (χ4v) is 2.30. The van der Waals surface area contributed by atoms with Gasteiger partial charge in [-0.3, -0.25) is 14.3 Å². The molecule has 2 N–H and O–H groups in total. The van der Waals surface area contributed by atoms with Crippen molar-refractivity contribution in [1.82, 2.24) is 9.78 Å². The molecular formula is C16H18ClN3O5. The highest BCUT2D eigenvalue weighted by Crippen LogP contribution is 2.36. The van der Waals surface area contributed by atoms with Crippen molar-refractivity contribution in [3.05, 3.63) is 35.0 Å². The summed E-state index contributed by atoms with van der Waals surface area (Å²) in [5.74, 6) is -0.522. The van der Waals surface area contributed by atoms with Crippen LogP contribution in [-0.4, -0.2) is 40.5 Å². The van der Waals surface area contributed by atoms with Gasteiger partial charge in [0.25, 0.3) is 5.91 Å². The van der Waals surface area contributed by atoms with Crippen LogP contribution in [0.1, 0.15) is 23.7 Å². The van der Waals surface area contributed by atoms with Crippen LogP contribution >= 0.6 is 11.6 Å². The number of carbonyl (C=O) groups excluding carboxylic acids is 1. The summed E-state index contributed by atoms with van der Waals surface area (Å²) >= 11 is 6.19. The van der Waals surface area contributed by atoms with Crippen LogP contribution in [0.5, 0.6) is 11.5 Å². The summed E-state index contributed by atoms with van der Waals surface area (Å²) in [4.78, 5) is 23.0. The monoisotopic (exact) mass is 367 g/mol. The Bertz CT molecular complexity index is 775. The summed E-state index contributed by atoms with van der Waals surface area (Å²) in [5, 5.41) is 15.5. The van der Waals surface area contributed by atoms with Gasteiger partial charge in [0.15, 0.2) is 17.3 Å². The van der Waals surface area contributed by atoms with Gasteiger partial charge < -0.3 is 19.9 Å². The Morgan fingerprint density at radius 3 is 2.80 bits per heavy atom. The van der Waals surface area contributed by atoms with E-state index in [1.807, 2.05) is 6.92 Å². The molecule has 1 aromatic heterocycles. The first-order valence-corrected chi connectivity index (χ1v) is 7.89. The average molecular weight is 368 g/mol. The highest BCUT2D eigenvalue weighted by molar-refractivity contribution is 6.32. The Labute approximate surface area is 149 Å². The molecule has 1 amide bonds. The van der Waals surface area contributed by atoms with E-state index in [4.69, 9.17) is 26.2 Å². The van der Waals surface area contributed by atoms with Crippen molar-refractivity contribution in [3.63, 3.8) is 0 Å². The lowest BCUT2D eigenvalue weighted by Crippen LogP contribution is -2.14. The van der Waals surface area contributed by atoms with Gasteiger partial charge in [0.05, 0.1) is 18.7 Å².